The molecule has 1 aliphatic heterocycles. The van der Waals surface area contributed by atoms with Crippen LogP contribution in [0.15, 0.2) is 24.3 Å². The highest BCUT2D eigenvalue weighted by Crippen LogP contribution is 2.56. The minimum atomic E-state index is -0.446. The molecule has 7 nitrogen and oxygen atoms in total. The first-order chi connectivity index (χ1) is 13.0. The molecule has 1 heterocycles. The van der Waals surface area contributed by atoms with E-state index < -0.39 is 5.97 Å². The third kappa shape index (κ3) is 3.01. The minimum Gasteiger partial charge on any atom is -0.465 e. The molecule has 1 aromatic carbocycles. The molecule has 7 heteroatoms. The number of hydrogen-bond acceptors (Lipinski definition) is 5. The molecule has 1 N–H and O–H groups in total. The van der Waals surface area contributed by atoms with Crippen LogP contribution in [0.2, 0.25) is 0 Å². The Morgan fingerprint density at radius 2 is 1.67 bits per heavy atom. The van der Waals surface area contributed by atoms with Crippen molar-refractivity contribution in [1.29, 1.82) is 0 Å². The monoisotopic (exact) mass is 370 g/mol. The van der Waals surface area contributed by atoms with E-state index in [-0.39, 0.29) is 42.5 Å². The van der Waals surface area contributed by atoms with Crippen LogP contribution in [0.3, 0.4) is 0 Å². The number of carbonyl (C=O) groups is 4. The van der Waals surface area contributed by atoms with E-state index in [2.05, 4.69) is 10.1 Å². The van der Waals surface area contributed by atoms with Crippen molar-refractivity contribution in [2.45, 2.75) is 25.7 Å². The van der Waals surface area contributed by atoms with Crippen molar-refractivity contribution in [2.75, 3.05) is 19.0 Å². The maximum atomic E-state index is 12.6. The van der Waals surface area contributed by atoms with E-state index in [1.165, 1.54) is 12.0 Å². The number of benzene rings is 1. The molecule has 3 amide bonds. The van der Waals surface area contributed by atoms with Crippen LogP contribution >= 0.6 is 0 Å². The van der Waals surface area contributed by atoms with Gasteiger partial charge < -0.3 is 10.1 Å². The molecule has 0 radical (unpaired) electrons. The smallest absolute Gasteiger partial charge is 0.337 e. The Balaban J connectivity index is 1.32. The largest absolute Gasteiger partial charge is 0.465 e. The zero-order valence-corrected chi connectivity index (χ0v) is 15.1. The van der Waals surface area contributed by atoms with Gasteiger partial charge in [0.15, 0.2) is 0 Å². The van der Waals surface area contributed by atoms with E-state index in [9.17, 15) is 19.2 Å². The van der Waals surface area contributed by atoms with Gasteiger partial charge in [-0.05, 0) is 55.4 Å². The van der Waals surface area contributed by atoms with Crippen LogP contribution in [0.1, 0.15) is 36.0 Å². The molecule has 0 spiro atoms. The van der Waals surface area contributed by atoms with Gasteiger partial charge in [-0.25, -0.2) is 4.79 Å². The lowest BCUT2D eigenvalue weighted by Crippen LogP contribution is -2.35. The van der Waals surface area contributed by atoms with Crippen LogP contribution in [0, 0.1) is 23.7 Å². The number of fused-ring (bicyclic) bond motifs is 5. The lowest BCUT2D eigenvalue weighted by Gasteiger charge is -2.19. The molecule has 2 saturated carbocycles. The SMILES string of the molecule is COC(=O)c1ccc(NC(=O)CCN2C(=O)[C@@H]3[C@H]4CC[C@@H](C4)[C@H]3C2=O)cc1. The topological polar surface area (TPSA) is 92.8 Å². The fourth-order valence-corrected chi connectivity index (χ4v) is 4.94. The highest BCUT2D eigenvalue weighted by Gasteiger charge is 2.60. The Hall–Kier alpha value is -2.70. The fourth-order valence-electron chi connectivity index (χ4n) is 4.94. The first-order valence-electron chi connectivity index (χ1n) is 9.33. The molecule has 0 aromatic heterocycles. The van der Waals surface area contributed by atoms with Gasteiger partial charge >= 0.3 is 5.97 Å². The van der Waals surface area contributed by atoms with Gasteiger partial charge in [0.25, 0.3) is 0 Å². The minimum absolute atomic E-state index is 0.0605. The zero-order chi connectivity index (χ0) is 19.1. The maximum Gasteiger partial charge on any atom is 0.337 e. The van der Waals surface area contributed by atoms with Gasteiger partial charge in [0.2, 0.25) is 17.7 Å². The molecule has 142 valence electrons. The first kappa shape index (κ1) is 17.7. The summed E-state index contributed by atoms with van der Waals surface area (Å²) in [4.78, 5) is 50.1. The molecule has 2 bridgehead atoms. The molecular formula is C20H22N2O5. The van der Waals surface area contributed by atoms with Crippen molar-refractivity contribution in [1.82, 2.24) is 4.90 Å². The standard InChI is InChI=1S/C20H22N2O5/c1-27-20(26)11-4-6-14(7-5-11)21-15(23)8-9-22-18(24)16-12-2-3-13(10-12)17(16)19(22)25/h4-7,12-13,16-17H,2-3,8-10H2,1H3,(H,21,23)/t12-,13-,16+,17+/m0/s1. The van der Waals surface area contributed by atoms with E-state index in [0.29, 0.717) is 23.1 Å². The molecule has 1 saturated heterocycles. The summed E-state index contributed by atoms with van der Waals surface area (Å²) in [5.74, 6) is -0.498. The molecule has 1 aromatic rings. The van der Waals surface area contributed by atoms with Gasteiger partial charge in [0, 0.05) is 18.7 Å². The Labute approximate surface area is 157 Å². The average molecular weight is 370 g/mol. The van der Waals surface area contributed by atoms with Crippen LogP contribution in [0.5, 0.6) is 0 Å². The highest BCUT2D eigenvalue weighted by atomic mass is 16.5. The number of nitrogens with one attached hydrogen (secondary N) is 1. The zero-order valence-electron chi connectivity index (χ0n) is 15.1. The summed E-state index contributed by atoms with van der Waals surface area (Å²) >= 11 is 0. The number of hydrogen-bond donors (Lipinski definition) is 1. The lowest BCUT2D eigenvalue weighted by atomic mass is 9.81. The Kier molecular flexibility index (Phi) is 4.45. The number of amides is 3. The summed E-state index contributed by atoms with van der Waals surface area (Å²) < 4.78 is 4.63. The summed E-state index contributed by atoms with van der Waals surface area (Å²) in [6.07, 6.45) is 3.15. The van der Waals surface area contributed by atoms with E-state index in [1.807, 2.05) is 0 Å². The Bertz CT molecular complexity index is 775. The average Bonchev–Trinajstić information content (AvgIpc) is 3.35. The molecular weight excluding hydrogens is 348 g/mol. The molecule has 3 aliphatic rings. The van der Waals surface area contributed by atoms with Gasteiger partial charge in [-0.2, -0.15) is 0 Å². The van der Waals surface area contributed by atoms with Crippen molar-refractivity contribution in [3.05, 3.63) is 29.8 Å². The van der Waals surface area contributed by atoms with E-state index in [1.54, 1.807) is 24.3 Å². The Morgan fingerprint density at radius 1 is 1.07 bits per heavy atom. The first-order valence-corrected chi connectivity index (χ1v) is 9.33. The van der Waals surface area contributed by atoms with Crippen LogP contribution in [0.25, 0.3) is 0 Å². The van der Waals surface area contributed by atoms with Crippen LogP contribution in [-0.4, -0.2) is 42.2 Å². The summed E-state index contributed by atoms with van der Waals surface area (Å²) in [6.45, 7) is 0.121. The molecule has 27 heavy (non-hydrogen) atoms. The summed E-state index contributed by atoms with van der Waals surface area (Å²) in [5.41, 5.74) is 0.937. The second-order valence-electron chi connectivity index (χ2n) is 7.58. The van der Waals surface area contributed by atoms with E-state index >= 15 is 0 Å². The quantitative estimate of drug-likeness (QED) is 0.631. The van der Waals surface area contributed by atoms with Gasteiger partial charge in [0.1, 0.15) is 0 Å². The number of carbonyl (C=O) groups excluding carboxylic acids is 4. The van der Waals surface area contributed by atoms with Crippen molar-refractivity contribution in [2.24, 2.45) is 23.7 Å². The number of esters is 1. The molecule has 2 aliphatic carbocycles. The normalized spacial score (nSPS) is 28.4. The number of anilines is 1. The Morgan fingerprint density at radius 3 is 2.22 bits per heavy atom. The molecule has 0 unspecified atom stereocenters. The van der Waals surface area contributed by atoms with Crippen LogP contribution in [-0.2, 0) is 19.1 Å². The van der Waals surface area contributed by atoms with Crippen molar-refractivity contribution >= 4 is 29.4 Å². The van der Waals surface area contributed by atoms with Gasteiger partial charge in [-0.1, -0.05) is 0 Å². The fraction of sp³-hybridized carbons (Fsp3) is 0.500. The second kappa shape index (κ2) is 6.79. The van der Waals surface area contributed by atoms with Crippen molar-refractivity contribution < 1.29 is 23.9 Å². The second-order valence-corrected chi connectivity index (χ2v) is 7.58. The van der Waals surface area contributed by atoms with Gasteiger partial charge in [-0.15, -0.1) is 0 Å². The lowest BCUT2D eigenvalue weighted by molar-refractivity contribution is -0.140. The predicted molar refractivity (Wildman–Crippen MR) is 95.6 cm³/mol. The molecule has 4 atom stereocenters. The molecule has 3 fully saturated rings. The number of rotatable bonds is 5. The number of ether oxygens (including phenoxy) is 1. The number of methoxy groups -OCH3 is 1. The van der Waals surface area contributed by atoms with E-state index in [0.717, 1.165) is 19.3 Å². The third-order valence-corrected chi connectivity index (χ3v) is 6.17. The maximum absolute atomic E-state index is 12.6. The number of imide groups is 1. The van der Waals surface area contributed by atoms with E-state index in [4.69, 9.17) is 0 Å². The van der Waals surface area contributed by atoms with Crippen molar-refractivity contribution in [3.63, 3.8) is 0 Å². The summed E-state index contributed by atoms with van der Waals surface area (Å²) in [7, 11) is 1.30. The summed E-state index contributed by atoms with van der Waals surface area (Å²) in [6, 6.07) is 6.34. The summed E-state index contributed by atoms with van der Waals surface area (Å²) in [5, 5.41) is 2.72. The van der Waals surface area contributed by atoms with Gasteiger partial charge in [-0.3, -0.25) is 19.3 Å². The van der Waals surface area contributed by atoms with Crippen LogP contribution in [0.4, 0.5) is 5.69 Å². The number of likely N-dealkylation sites (tertiary alicyclic amines) is 1. The highest BCUT2D eigenvalue weighted by molar-refractivity contribution is 6.06. The third-order valence-electron chi connectivity index (χ3n) is 6.17. The van der Waals surface area contributed by atoms with Gasteiger partial charge in [0.05, 0.1) is 24.5 Å². The molecule has 4 rings (SSSR count). The predicted octanol–water partition coefficient (Wildman–Crippen LogP) is 1.83. The van der Waals surface area contributed by atoms with Crippen LogP contribution < -0.4 is 5.32 Å². The number of nitrogens with zero attached hydrogens (tertiary/aromatic N) is 1. The van der Waals surface area contributed by atoms with Crippen molar-refractivity contribution in [3.8, 4) is 0 Å².